The molecule has 0 aromatic heterocycles. The molecule has 0 radical (unpaired) electrons. The zero-order valence-corrected chi connectivity index (χ0v) is 26.7. The number of carbonyl (C=O) groups is 1. The molecule has 2 heterocycles. The molecule has 2 fully saturated rings. The van der Waals surface area contributed by atoms with Gasteiger partial charge in [-0.05, 0) is 129 Å². The summed E-state index contributed by atoms with van der Waals surface area (Å²) in [5, 5.41) is 9.01. The minimum absolute atomic E-state index is 0. The van der Waals surface area contributed by atoms with Crippen LogP contribution in [0.5, 0.6) is 0 Å². The molecule has 224 valence electrons. The molecule has 0 atom stereocenters. The number of carbonyl (C=O) groups excluding carboxylic acids is 1. The number of rotatable bonds is 2. The highest BCUT2D eigenvalue weighted by Gasteiger charge is 2.28. The number of aryl methyl sites for hydroxylation is 2. The fourth-order valence-corrected chi connectivity index (χ4v) is 6.49. The van der Waals surface area contributed by atoms with Gasteiger partial charge >= 0.3 is 6.09 Å². The van der Waals surface area contributed by atoms with Crippen molar-refractivity contribution in [2.24, 2.45) is 0 Å². The van der Waals surface area contributed by atoms with Crippen molar-refractivity contribution in [3.8, 4) is 0 Å². The van der Waals surface area contributed by atoms with E-state index in [1.807, 2.05) is 25.7 Å². The van der Waals surface area contributed by atoms with Gasteiger partial charge in [-0.2, -0.15) is 0 Å². The molecule has 0 saturated carbocycles. The van der Waals surface area contributed by atoms with E-state index < -0.39 is 5.60 Å². The van der Waals surface area contributed by atoms with E-state index in [9.17, 15) is 4.79 Å². The molecule has 0 bridgehead atoms. The van der Waals surface area contributed by atoms with Crippen molar-refractivity contribution in [3.63, 3.8) is 0 Å². The van der Waals surface area contributed by atoms with Gasteiger partial charge in [-0.25, -0.2) is 4.79 Å². The molecule has 2 aliphatic rings. The van der Waals surface area contributed by atoms with Gasteiger partial charge in [0.2, 0.25) is 0 Å². The molecule has 6 rings (SSSR count). The first-order chi connectivity index (χ1) is 19.7. The number of fused-ring (bicyclic) bond motifs is 2. The predicted molar refractivity (Wildman–Crippen MR) is 179 cm³/mol. The first kappa shape index (κ1) is 31.8. The van der Waals surface area contributed by atoms with Crippen molar-refractivity contribution >= 4 is 40.0 Å². The van der Waals surface area contributed by atoms with Gasteiger partial charge < -0.3 is 15.0 Å². The summed E-state index contributed by atoms with van der Waals surface area (Å²) in [6, 6.07) is 26.6. The molecule has 0 aliphatic carbocycles. The molecule has 42 heavy (non-hydrogen) atoms. The predicted octanol–water partition coefficient (Wildman–Crippen LogP) is 9.30. The Labute approximate surface area is 258 Å². The van der Waals surface area contributed by atoms with E-state index in [2.05, 4.69) is 92.0 Å². The lowest BCUT2D eigenvalue weighted by Gasteiger charge is -2.34. The van der Waals surface area contributed by atoms with E-state index in [0.717, 1.165) is 44.9 Å². The number of ether oxygens (including phenoxy) is 1. The Balaban J connectivity index is 0.000000198. The Morgan fingerprint density at radius 2 is 1.12 bits per heavy atom. The van der Waals surface area contributed by atoms with Gasteiger partial charge in [-0.15, -0.1) is 12.4 Å². The van der Waals surface area contributed by atoms with Crippen LogP contribution in [0, 0.1) is 13.8 Å². The lowest BCUT2D eigenvalue weighted by molar-refractivity contribution is 0.0205. The van der Waals surface area contributed by atoms with Gasteiger partial charge in [0.05, 0.1) is 0 Å². The van der Waals surface area contributed by atoms with Crippen LogP contribution in [0.15, 0.2) is 72.8 Å². The number of likely N-dealkylation sites (tertiary alicyclic amines) is 1. The summed E-state index contributed by atoms with van der Waals surface area (Å²) in [7, 11) is 0. The van der Waals surface area contributed by atoms with Gasteiger partial charge in [0, 0.05) is 13.1 Å². The van der Waals surface area contributed by atoms with E-state index in [1.54, 1.807) is 5.56 Å². The maximum absolute atomic E-state index is 12.2. The first-order valence-electron chi connectivity index (χ1n) is 15.4. The second kappa shape index (κ2) is 13.9. The van der Waals surface area contributed by atoms with E-state index in [1.165, 1.54) is 51.1 Å². The Morgan fingerprint density at radius 3 is 1.57 bits per heavy atom. The Bertz CT molecular complexity index is 1500. The number of hydrogen-bond acceptors (Lipinski definition) is 3. The number of nitrogens with one attached hydrogen (secondary N) is 1. The van der Waals surface area contributed by atoms with Crippen LogP contribution in [0.2, 0.25) is 0 Å². The normalized spacial score (nSPS) is 16.5. The summed E-state index contributed by atoms with van der Waals surface area (Å²) in [5.74, 6) is 1.25. The maximum atomic E-state index is 12.2. The van der Waals surface area contributed by atoms with Gasteiger partial charge in [0.25, 0.3) is 0 Å². The number of halogens is 1. The van der Waals surface area contributed by atoms with Crippen molar-refractivity contribution in [2.75, 3.05) is 26.2 Å². The van der Waals surface area contributed by atoms with Crippen molar-refractivity contribution < 1.29 is 9.53 Å². The molecule has 4 aromatic rings. The molecule has 2 saturated heterocycles. The molecule has 0 unspecified atom stereocenters. The van der Waals surface area contributed by atoms with E-state index in [4.69, 9.17) is 4.74 Å². The van der Waals surface area contributed by atoms with Crippen LogP contribution in [0.1, 0.15) is 80.5 Å². The fraction of sp³-hybridized carbons (Fsp3) is 0.432. The number of nitrogens with zero attached hydrogens (tertiary/aromatic N) is 1. The zero-order valence-electron chi connectivity index (χ0n) is 25.9. The largest absolute Gasteiger partial charge is 0.444 e. The second-order valence-electron chi connectivity index (χ2n) is 12.8. The highest BCUT2D eigenvalue weighted by atomic mass is 35.5. The molecule has 1 amide bonds. The molecule has 1 N–H and O–H groups in total. The number of hydrogen-bond donors (Lipinski definition) is 1. The summed E-state index contributed by atoms with van der Waals surface area (Å²) in [6.07, 6.45) is 4.34. The Morgan fingerprint density at radius 1 is 0.690 bits per heavy atom. The zero-order chi connectivity index (χ0) is 29.0. The average molecular weight is 587 g/mol. The molecule has 4 aromatic carbocycles. The minimum Gasteiger partial charge on any atom is -0.444 e. The van der Waals surface area contributed by atoms with Crippen LogP contribution in [0.3, 0.4) is 0 Å². The standard InChI is InChI=1S/C21H27NO2.C16H19N.ClH/c1-15-9-10-18(19-8-6-5-7-17(15)19)16-11-13-22(14-12-16)20(23)24-21(2,3)4;1-12-6-7-15(13-8-10-17-11-9-13)16-5-3-2-4-14(12)16;/h5-10,16H,11-14H2,1-4H3;2-7,13,17H,8-11H2,1H3;1H. The highest BCUT2D eigenvalue weighted by Crippen LogP contribution is 2.35. The average Bonchev–Trinajstić information content (AvgIpc) is 2.98. The van der Waals surface area contributed by atoms with Crippen LogP contribution in [-0.2, 0) is 4.74 Å². The van der Waals surface area contributed by atoms with Crippen LogP contribution in [0.4, 0.5) is 4.79 Å². The Kier molecular flexibility index (Phi) is 10.6. The molecule has 2 aliphatic heterocycles. The van der Waals surface area contributed by atoms with Crippen LogP contribution < -0.4 is 5.32 Å². The van der Waals surface area contributed by atoms with Gasteiger partial charge in [-0.1, -0.05) is 72.8 Å². The van der Waals surface area contributed by atoms with E-state index >= 15 is 0 Å². The summed E-state index contributed by atoms with van der Waals surface area (Å²) in [5.41, 5.74) is 5.24. The van der Waals surface area contributed by atoms with Crippen LogP contribution in [0.25, 0.3) is 21.5 Å². The molecule has 4 nitrogen and oxygen atoms in total. The number of benzene rings is 4. The van der Waals surface area contributed by atoms with Crippen LogP contribution >= 0.6 is 12.4 Å². The molecular weight excluding hydrogens is 540 g/mol. The smallest absolute Gasteiger partial charge is 0.410 e. The van der Waals surface area contributed by atoms with Gasteiger partial charge in [0.1, 0.15) is 5.60 Å². The Hall–Kier alpha value is -3.08. The van der Waals surface area contributed by atoms with Crippen molar-refractivity contribution in [1.29, 1.82) is 0 Å². The number of piperidine rings is 2. The lowest BCUT2D eigenvalue weighted by atomic mass is 9.85. The SMILES string of the molecule is Cc1ccc(C2CCN(C(=O)OC(C)(C)C)CC2)c2ccccc12.Cc1ccc(C2CCNCC2)c2ccccc12.Cl. The van der Waals surface area contributed by atoms with Crippen molar-refractivity contribution in [1.82, 2.24) is 10.2 Å². The maximum Gasteiger partial charge on any atom is 0.410 e. The van der Waals surface area contributed by atoms with Gasteiger partial charge in [0.15, 0.2) is 0 Å². The summed E-state index contributed by atoms with van der Waals surface area (Å²) >= 11 is 0. The van der Waals surface area contributed by atoms with Crippen molar-refractivity contribution in [2.45, 2.75) is 77.7 Å². The summed E-state index contributed by atoms with van der Waals surface area (Å²) in [6.45, 7) is 14.0. The minimum atomic E-state index is -0.429. The summed E-state index contributed by atoms with van der Waals surface area (Å²) in [4.78, 5) is 14.1. The third-order valence-corrected chi connectivity index (χ3v) is 8.72. The fourth-order valence-electron chi connectivity index (χ4n) is 6.49. The molecule has 0 spiro atoms. The lowest BCUT2D eigenvalue weighted by Crippen LogP contribution is -2.41. The molecule has 5 heteroatoms. The highest BCUT2D eigenvalue weighted by molar-refractivity contribution is 5.90. The van der Waals surface area contributed by atoms with Gasteiger partial charge in [-0.3, -0.25) is 0 Å². The monoisotopic (exact) mass is 586 g/mol. The third kappa shape index (κ3) is 7.46. The van der Waals surface area contributed by atoms with Crippen molar-refractivity contribution in [3.05, 3.63) is 95.1 Å². The van der Waals surface area contributed by atoms with E-state index in [0.29, 0.717) is 5.92 Å². The quantitative estimate of drug-likeness (QED) is 0.254. The third-order valence-electron chi connectivity index (χ3n) is 8.72. The second-order valence-corrected chi connectivity index (χ2v) is 12.8. The number of amides is 1. The van der Waals surface area contributed by atoms with Crippen LogP contribution in [-0.4, -0.2) is 42.8 Å². The first-order valence-corrected chi connectivity index (χ1v) is 15.4. The molecular formula is C37H47ClN2O2. The summed E-state index contributed by atoms with van der Waals surface area (Å²) < 4.78 is 5.49. The topological polar surface area (TPSA) is 41.6 Å². The van der Waals surface area contributed by atoms with E-state index in [-0.39, 0.29) is 18.5 Å².